The van der Waals surface area contributed by atoms with Crippen molar-refractivity contribution in [2.24, 2.45) is 10.8 Å². The first kappa shape index (κ1) is 23.4. The Labute approximate surface area is 200 Å². The minimum Gasteiger partial charge on any atom is -0.506 e. The van der Waals surface area contributed by atoms with Crippen LogP contribution in [0.1, 0.15) is 78.2 Å². The van der Waals surface area contributed by atoms with E-state index in [0.29, 0.717) is 34.6 Å². The second kappa shape index (κ2) is 7.92. The number of carbonyl (C=O) groups excluding carboxylic acids is 2. The molecule has 172 valence electrons. The molecule has 0 saturated carbocycles. The van der Waals surface area contributed by atoms with Crippen LogP contribution in [0.15, 0.2) is 34.7 Å². The average molecular weight is 476 g/mol. The second-order valence-electron chi connectivity index (χ2n) is 11.0. The molecule has 1 heterocycles. The van der Waals surface area contributed by atoms with E-state index in [0.717, 1.165) is 37.2 Å². The number of allylic oxidation sites excluding steroid dienone is 4. The zero-order valence-corrected chi connectivity index (χ0v) is 21.0. The zero-order chi connectivity index (χ0) is 23.6. The van der Waals surface area contributed by atoms with Gasteiger partial charge in [-0.05, 0) is 42.2 Å². The molecule has 1 aromatic carbocycles. The van der Waals surface area contributed by atoms with Gasteiger partial charge in [-0.3, -0.25) is 9.59 Å². The summed E-state index contributed by atoms with van der Waals surface area (Å²) >= 11 is 12.6. The Morgan fingerprint density at radius 2 is 1.44 bits per heavy atom. The van der Waals surface area contributed by atoms with Crippen LogP contribution in [0.5, 0.6) is 5.75 Å². The Kier molecular flexibility index (Phi) is 5.78. The van der Waals surface area contributed by atoms with E-state index in [2.05, 4.69) is 39.5 Å². The Balaban J connectivity index is 2.05. The molecule has 4 rings (SSSR count). The predicted octanol–water partition coefficient (Wildman–Crippen LogP) is 6.79. The predicted molar refractivity (Wildman–Crippen MR) is 128 cm³/mol. The molecule has 1 N–H and O–H groups in total. The largest absolute Gasteiger partial charge is 0.506 e. The fourth-order valence-electron chi connectivity index (χ4n) is 5.66. The van der Waals surface area contributed by atoms with Gasteiger partial charge in [-0.25, -0.2) is 0 Å². The molecule has 2 aliphatic carbocycles. The normalized spacial score (nSPS) is 22.9. The monoisotopic (exact) mass is 475 g/mol. The molecule has 0 fully saturated rings. The molecule has 4 nitrogen and oxygen atoms in total. The molecular weight excluding hydrogens is 445 g/mol. The molecule has 1 aromatic rings. The minimum atomic E-state index is -0.642. The van der Waals surface area contributed by atoms with E-state index >= 15 is 0 Å². The van der Waals surface area contributed by atoms with E-state index in [1.807, 2.05) is 0 Å². The van der Waals surface area contributed by atoms with Crippen molar-refractivity contribution in [2.75, 3.05) is 6.54 Å². The number of nitrogens with zero attached hydrogens (tertiary/aromatic N) is 1. The Morgan fingerprint density at radius 1 is 0.938 bits per heavy atom. The summed E-state index contributed by atoms with van der Waals surface area (Å²) in [6.07, 6.45) is 3.19. The second-order valence-corrected chi connectivity index (χ2v) is 11.9. The zero-order valence-electron chi connectivity index (χ0n) is 19.4. The lowest BCUT2D eigenvalue weighted by atomic mass is 9.63. The third kappa shape index (κ3) is 3.90. The number of phenols is 1. The molecule has 0 bridgehead atoms. The molecule has 0 atom stereocenters. The molecular formula is C26H31Cl2NO3. The number of hydrogen-bond acceptors (Lipinski definition) is 4. The maximum Gasteiger partial charge on any atom is 0.162 e. The van der Waals surface area contributed by atoms with Gasteiger partial charge >= 0.3 is 0 Å². The lowest BCUT2D eigenvalue weighted by molar-refractivity contribution is -0.119. The summed E-state index contributed by atoms with van der Waals surface area (Å²) in [6.45, 7) is 11.3. The van der Waals surface area contributed by atoms with E-state index in [4.69, 9.17) is 23.2 Å². The van der Waals surface area contributed by atoms with Crippen molar-refractivity contribution in [3.05, 3.63) is 50.3 Å². The summed E-state index contributed by atoms with van der Waals surface area (Å²) in [4.78, 5) is 29.4. The van der Waals surface area contributed by atoms with Crippen LogP contribution in [0.2, 0.25) is 10.0 Å². The van der Waals surface area contributed by atoms with E-state index in [9.17, 15) is 14.7 Å². The fraction of sp³-hybridized carbons (Fsp3) is 0.538. The van der Waals surface area contributed by atoms with Crippen LogP contribution in [-0.2, 0) is 9.59 Å². The van der Waals surface area contributed by atoms with E-state index in [1.165, 1.54) is 6.07 Å². The smallest absolute Gasteiger partial charge is 0.162 e. The Bertz CT molecular complexity index is 1030. The number of benzene rings is 1. The summed E-state index contributed by atoms with van der Waals surface area (Å²) in [5.74, 6) is -0.695. The lowest BCUT2D eigenvalue weighted by Crippen LogP contribution is -2.44. The Morgan fingerprint density at radius 3 is 1.91 bits per heavy atom. The van der Waals surface area contributed by atoms with Gasteiger partial charge in [0.2, 0.25) is 0 Å². The summed E-state index contributed by atoms with van der Waals surface area (Å²) in [5, 5.41) is 11.4. The summed E-state index contributed by atoms with van der Waals surface area (Å²) in [7, 11) is 0. The van der Waals surface area contributed by atoms with Crippen molar-refractivity contribution < 1.29 is 14.7 Å². The minimum absolute atomic E-state index is 0.0297. The van der Waals surface area contributed by atoms with Gasteiger partial charge in [0.05, 0.1) is 5.02 Å². The van der Waals surface area contributed by atoms with E-state index < -0.39 is 5.92 Å². The lowest BCUT2D eigenvalue weighted by Gasteiger charge is -2.49. The number of phenolic OH excluding ortho intramolecular Hbond substituents is 1. The number of hydrogen-bond donors (Lipinski definition) is 1. The van der Waals surface area contributed by atoms with Crippen LogP contribution in [0.25, 0.3) is 0 Å². The van der Waals surface area contributed by atoms with Crippen molar-refractivity contribution in [1.29, 1.82) is 0 Å². The summed E-state index contributed by atoms with van der Waals surface area (Å²) in [5.41, 5.74) is 3.31. The van der Waals surface area contributed by atoms with Gasteiger partial charge in [0.1, 0.15) is 5.75 Å². The molecule has 32 heavy (non-hydrogen) atoms. The first-order valence-electron chi connectivity index (χ1n) is 11.3. The van der Waals surface area contributed by atoms with Crippen molar-refractivity contribution in [3.63, 3.8) is 0 Å². The van der Waals surface area contributed by atoms with Gasteiger partial charge in [0, 0.05) is 58.4 Å². The maximum absolute atomic E-state index is 13.6. The molecule has 0 radical (unpaired) electrons. The highest BCUT2D eigenvalue weighted by molar-refractivity contribution is 6.35. The highest BCUT2D eigenvalue weighted by Gasteiger charge is 2.49. The molecule has 0 amide bonds. The molecule has 0 unspecified atom stereocenters. The molecule has 0 aromatic heterocycles. The maximum atomic E-state index is 13.6. The van der Waals surface area contributed by atoms with Crippen molar-refractivity contribution >= 4 is 34.8 Å². The van der Waals surface area contributed by atoms with Crippen LogP contribution in [0.4, 0.5) is 0 Å². The molecule has 3 aliphatic rings. The van der Waals surface area contributed by atoms with Crippen molar-refractivity contribution in [1.82, 2.24) is 4.90 Å². The van der Waals surface area contributed by atoms with Crippen LogP contribution >= 0.6 is 23.2 Å². The van der Waals surface area contributed by atoms with E-state index in [-0.39, 0.29) is 33.2 Å². The first-order valence-corrected chi connectivity index (χ1v) is 12.1. The molecule has 1 aliphatic heterocycles. The topological polar surface area (TPSA) is 57.6 Å². The molecule has 0 saturated heterocycles. The van der Waals surface area contributed by atoms with Gasteiger partial charge < -0.3 is 10.0 Å². The van der Waals surface area contributed by atoms with Crippen LogP contribution in [0, 0.1) is 10.8 Å². The molecule has 0 spiro atoms. The highest BCUT2D eigenvalue weighted by Crippen LogP contribution is 2.56. The third-order valence-corrected chi connectivity index (χ3v) is 7.34. The van der Waals surface area contributed by atoms with Gasteiger partial charge in [0.25, 0.3) is 0 Å². The summed E-state index contributed by atoms with van der Waals surface area (Å²) in [6, 6.07) is 3.13. The van der Waals surface area contributed by atoms with Gasteiger partial charge in [-0.2, -0.15) is 0 Å². The van der Waals surface area contributed by atoms with Gasteiger partial charge in [0.15, 0.2) is 11.6 Å². The van der Waals surface area contributed by atoms with Crippen molar-refractivity contribution in [2.45, 2.75) is 72.6 Å². The first-order chi connectivity index (χ1) is 14.8. The van der Waals surface area contributed by atoms with Crippen LogP contribution < -0.4 is 0 Å². The SMILES string of the molecule is CCCN1C2=C(C(=O)CC(C)(C)C2)C(c2cc(Cl)cc(Cl)c2O)C2=C1CC(C)(C)CC2=O. The number of aromatic hydroxyl groups is 1. The number of carbonyl (C=O) groups is 2. The van der Waals surface area contributed by atoms with Crippen molar-refractivity contribution in [3.8, 4) is 5.75 Å². The average Bonchev–Trinajstić information content (AvgIpc) is 2.64. The number of halogens is 2. The number of ketones is 2. The standard InChI is InChI=1S/C26H31Cl2NO3/c1-6-7-29-17-10-25(2,3)12-19(30)22(17)21(15-8-14(27)9-16(28)24(15)32)23-18(29)11-26(4,5)13-20(23)31/h8-9,21,32H,6-7,10-13H2,1-5H3. The van der Waals surface area contributed by atoms with Gasteiger partial charge in [-0.1, -0.05) is 57.8 Å². The number of rotatable bonds is 3. The fourth-order valence-corrected chi connectivity index (χ4v) is 6.17. The number of Topliss-reactive ketones (excluding diaryl/α,β-unsaturated/α-hetero) is 2. The third-order valence-electron chi connectivity index (χ3n) is 6.84. The highest BCUT2D eigenvalue weighted by atomic mass is 35.5. The quantitative estimate of drug-likeness (QED) is 0.522. The van der Waals surface area contributed by atoms with E-state index in [1.54, 1.807) is 6.07 Å². The van der Waals surface area contributed by atoms with Crippen LogP contribution in [0.3, 0.4) is 0 Å². The molecule has 6 heteroatoms. The Hall–Kier alpha value is -1.78. The summed E-state index contributed by atoms with van der Waals surface area (Å²) < 4.78 is 0. The van der Waals surface area contributed by atoms with Gasteiger partial charge in [-0.15, -0.1) is 0 Å². The van der Waals surface area contributed by atoms with Crippen LogP contribution in [-0.4, -0.2) is 28.1 Å².